The number of anilines is 1. The van der Waals surface area contributed by atoms with Crippen molar-refractivity contribution in [1.82, 2.24) is 14.8 Å². The second kappa shape index (κ2) is 6.58. The average Bonchev–Trinajstić information content (AvgIpc) is 3.04. The first-order chi connectivity index (χ1) is 11.1. The maximum Gasteiger partial charge on any atom is 0.257 e. The third-order valence-corrected chi connectivity index (χ3v) is 4.20. The van der Waals surface area contributed by atoms with E-state index in [-0.39, 0.29) is 10.6 Å². The lowest BCUT2D eigenvalue weighted by molar-refractivity contribution is 0.102. The molecule has 0 radical (unpaired) electrons. The molecular weight excluding hydrogens is 359 g/mol. The predicted octanol–water partition coefficient (Wildman–Crippen LogP) is 4.48. The van der Waals surface area contributed by atoms with Gasteiger partial charge in [-0.1, -0.05) is 46.9 Å². The van der Waals surface area contributed by atoms with Crippen LogP contribution in [0.2, 0.25) is 15.1 Å². The minimum atomic E-state index is -0.402. The Balaban J connectivity index is 1.99. The van der Waals surface area contributed by atoms with Crippen LogP contribution < -0.4 is 5.32 Å². The molecule has 0 aliphatic carbocycles. The van der Waals surface area contributed by atoms with Crippen LogP contribution >= 0.6 is 34.8 Å². The number of carbonyl (C=O) groups excluding carboxylic acids is 1. The molecule has 2 aromatic carbocycles. The molecular formula is C15H9Cl3N4O. The summed E-state index contributed by atoms with van der Waals surface area (Å²) in [5.41, 5.74) is 1.26. The summed E-state index contributed by atoms with van der Waals surface area (Å²) in [5, 5.41) is 7.73. The van der Waals surface area contributed by atoms with Crippen molar-refractivity contribution in [2.75, 3.05) is 5.32 Å². The van der Waals surface area contributed by atoms with E-state index >= 15 is 0 Å². The highest BCUT2D eigenvalue weighted by Crippen LogP contribution is 2.30. The van der Waals surface area contributed by atoms with Gasteiger partial charge in [0, 0.05) is 0 Å². The van der Waals surface area contributed by atoms with Gasteiger partial charge in [0.2, 0.25) is 0 Å². The fourth-order valence-electron chi connectivity index (χ4n) is 2.04. The predicted molar refractivity (Wildman–Crippen MR) is 90.8 cm³/mol. The number of hydrogen-bond acceptors (Lipinski definition) is 3. The number of aromatic nitrogens is 3. The number of hydrogen-bond donors (Lipinski definition) is 1. The van der Waals surface area contributed by atoms with E-state index in [1.165, 1.54) is 17.3 Å². The highest BCUT2D eigenvalue weighted by Gasteiger charge is 2.16. The number of benzene rings is 2. The van der Waals surface area contributed by atoms with Crippen LogP contribution in [0.5, 0.6) is 0 Å². The maximum absolute atomic E-state index is 12.5. The summed E-state index contributed by atoms with van der Waals surface area (Å²) in [4.78, 5) is 16.4. The molecule has 1 heterocycles. The van der Waals surface area contributed by atoms with Crippen molar-refractivity contribution < 1.29 is 4.79 Å². The summed E-state index contributed by atoms with van der Waals surface area (Å²) in [6.45, 7) is 0. The monoisotopic (exact) mass is 366 g/mol. The lowest BCUT2D eigenvalue weighted by atomic mass is 10.2. The topological polar surface area (TPSA) is 59.8 Å². The molecule has 0 bridgehead atoms. The van der Waals surface area contributed by atoms with Gasteiger partial charge in [-0.3, -0.25) is 4.79 Å². The first kappa shape index (κ1) is 15.8. The summed E-state index contributed by atoms with van der Waals surface area (Å²) in [5.74, 6) is -0.402. The quantitative estimate of drug-likeness (QED) is 0.742. The van der Waals surface area contributed by atoms with E-state index in [0.717, 1.165) is 0 Å². The van der Waals surface area contributed by atoms with Crippen LogP contribution in [-0.4, -0.2) is 20.7 Å². The molecule has 116 valence electrons. The van der Waals surface area contributed by atoms with Gasteiger partial charge in [-0.25, -0.2) is 9.67 Å². The Bertz CT molecular complexity index is 865. The van der Waals surface area contributed by atoms with Gasteiger partial charge >= 0.3 is 0 Å². The number of rotatable bonds is 3. The van der Waals surface area contributed by atoms with Crippen molar-refractivity contribution in [2.24, 2.45) is 0 Å². The number of para-hydroxylation sites is 1. The molecule has 0 aliphatic heterocycles. The van der Waals surface area contributed by atoms with Crippen molar-refractivity contribution in [1.29, 1.82) is 0 Å². The number of nitrogens with zero attached hydrogens (tertiary/aromatic N) is 3. The zero-order valence-corrected chi connectivity index (χ0v) is 13.8. The highest BCUT2D eigenvalue weighted by molar-refractivity contribution is 6.44. The molecule has 0 atom stereocenters. The SMILES string of the molecule is O=C(Nc1cccc(Cl)c1-n1cncn1)c1cccc(Cl)c1Cl. The number of nitrogens with one attached hydrogen (secondary N) is 1. The lowest BCUT2D eigenvalue weighted by Crippen LogP contribution is -2.15. The van der Waals surface area contributed by atoms with Gasteiger partial charge in [0.15, 0.2) is 0 Å². The first-order valence-electron chi connectivity index (χ1n) is 6.47. The molecule has 0 unspecified atom stereocenters. The fraction of sp³-hybridized carbons (Fsp3) is 0. The lowest BCUT2D eigenvalue weighted by Gasteiger charge is -2.13. The third-order valence-electron chi connectivity index (χ3n) is 3.08. The highest BCUT2D eigenvalue weighted by atomic mass is 35.5. The van der Waals surface area contributed by atoms with E-state index in [4.69, 9.17) is 34.8 Å². The van der Waals surface area contributed by atoms with Crippen molar-refractivity contribution in [3.8, 4) is 5.69 Å². The van der Waals surface area contributed by atoms with Crippen LogP contribution in [0.25, 0.3) is 5.69 Å². The minimum absolute atomic E-state index is 0.191. The van der Waals surface area contributed by atoms with Crippen LogP contribution in [0, 0.1) is 0 Å². The Morgan fingerprint density at radius 3 is 2.52 bits per heavy atom. The number of carbonyl (C=O) groups is 1. The van der Waals surface area contributed by atoms with E-state index in [1.807, 2.05) is 0 Å². The summed E-state index contributed by atoms with van der Waals surface area (Å²) in [6.07, 6.45) is 2.87. The Labute approximate surface area is 146 Å². The van der Waals surface area contributed by atoms with Crippen LogP contribution in [0.15, 0.2) is 49.1 Å². The second-order valence-corrected chi connectivity index (χ2v) is 5.72. The molecule has 5 nitrogen and oxygen atoms in total. The van der Waals surface area contributed by atoms with Gasteiger partial charge in [0.1, 0.15) is 18.3 Å². The summed E-state index contributed by atoms with van der Waals surface area (Å²) in [7, 11) is 0. The van der Waals surface area contributed by atoms with Crippen LogP contribution in [-0.2, 0) is 0 Å². The zero-order valence-electron chi connectivity index (χ0n) is 11.5. The maximum atomic E-state index is 12.5. The molecule has 1 aromatic heterocycles. The van der Waals surface area contributed by atoms with E-state index < -0.39 is 5.91 Å². The standard InChI is InChI=1S/C15H9Cl3N4O/c16-10-4-1-3-9(13(10)18)15(23)21-12-6-2-5-11(17)14(12)22-8-19-7-20-22/h1-8H,(H,21,23). The van der Waals surface area contributed by atoms with Crippen LogP contribution in [0.1, 0.15) is 10.4 Å². The molecule has 0 spiro atoms. The second-order valence-electron chi connectivity index (χ2n) is 4.53. The summed E-state index contributed by atoms with van der Waals surface area (Å²) < 4.78 is 1.47. The summed E-state index contributed by atoms with van der Waals surface area (Å²) >= 11 is 18.2. The van der Waals surface area contributed by atoms with E-state index in [2.05, 4.69) is 15.4 Å². The largest absolute Gasteiger partial charge is 0.320 e. The molecule has 1 amide bonds. The van der Waals surface area contributed by atoms with Gasteiger partial charge in [0.05, 0.1) is 26.3 Å². The van der Waals surface area contributed by atoms with Crippen molar-refractivity contribution in [3.63, 3.8) is 0 Å². The number of amides is 1. The van der Waals surface area contributed by atoms with Gasteiger partial charge in [-0.2, -0.15) is 5.10 Å². The van der Waals surface area contributed by atoms with Crippen LogP contribution in [0.3, 0.4) is 0 Å². The zero-order chi connectivity index (χ0) is 16.4. The van der Waals surface area contributed by atoms with Crippen molar-refractivity contribution in [3.05, 3.63) is 69.7 Å². The Morgan fingerprint density at radius 1 is 1.04 bits per heavy atom. The van der Waals surface area contributed by atoms with Gasteiger partial charge < -0.3 is 5.32 Å². The molecule has 3 aromatic rings. The Morgan fingerprint density at radius 2 is 1.78 bits per heavy atom. The van der Waals surface area contributed by atoms with E-state index in [0.29, 0.717) is 21.4 Å². The fourth-order valence-corrected chi connectivity index (χ4v) is 2.69. The Hall–Kier alpha value is -2.08. The molecule has 0 saturated carbocycles. The minimum Gasteiger partial charge on any atom is -0.320 e. The number of halogens is 3. The summed E-state index contributed by atoms with van der Waals surface area (Å²) in [6, 6.07) is 9.97. The average molecular weight is 368 g/mol. The van der Waals surface area contributed by atoms with Gasteiger partial charge in [-0.05, 0) is 24.3 Å². The molecule has 3 rings (SSSR count). The van der Waals surface area contributed by atoms with Crippen molar-refractivity contribution in [2.45, 2.75) is 0 Å². The normalized spacial score (nSPS) is 10.6. The van der Waals surface area contributed by atoms with E-state index in [9.17, 15) is 4.79 Å². The van der Waals surface area contributed by atoms with Gasteiger partial charge in [-0.15, -0.1) is 0 Å². The molecule has 0 fully saturated rings. The molecule has 23 heavy (non-hydrogen) atoms. The smallest absolute Gasteiger partial charge is 0.257 e. The first-order valence-corrected chi connectivity index (χ1v) is 7.60. The third kappa shape index (κ3) is 3.17. The molecule has 8 heteroatoms. The molecule has 0 saturated heterocycles. The van der Waals surface area contributed by atoms with E-state index in [1.54, 1.807) is 36.4 Å². The van der Waals surface area contributed by atoms with Crippen LogP contribution in [0.4, 0.5) is 5.69 Å². The van der Waals surface area contributed by atoms with Gasteiger partial charge in [0.25, 0.3) is 5.91 Å². The molecule has 0 aliphatic rings. The Kier molecular flexibility index (Phi) is 4.52. The molecule has 1 N–H and O–H groups in total. The van der Waals surface area contributed by atoms with Crippen molar-refractivity contribution >= 4 is 46.4 Å².